The molecule has 11 aromatic rings. The number of nitrogens with zero attached hydrogens (tertiary/aromatic N) is 1. The van der Waals surface area contributed by atoms with Crippen LogP contribution in [0.1, 0.15) is 0 Å². The number of benzene rings is 10. The van der Waals surface area contributed by atoms with Crippen LogP contribution in [0, 0.1) is 0 Å². The fourth-order valence-corrected chi connectivity index (χ4v) is 9.58. The monoisotopic (exact) mass is 703 g/mol. The van der Waals surface area contributed by atoms with Crippen molar-refractivity contribution in [1.82, 2.24) is 0 Å². The molecule has 11 rings (SSSR count). The molecule has 0 aliphatic rings. The Kier molecular flexibility index (Phi) is 7.11. The smallest absolute Gasteiger partial charge is 0.0555 e. The molecule has 0 bridgehead atoms. The van der Waals surface area contributed by atoms with Gasteiger partial charge in [-0.1, -0.05) is 152 Å². The van der Waals surface area contributed by atoms with E-state index in [1.165, 1.54) is 91.2 Å². The van der Waals surface area contributed by atoms with Crippen molar-refractivity contribution in [2.75, 3.05) is 4.90 Å². The third-order valence-electron chi connectivity index (χ3n) is 11.0. The van der Waals surface area contributed by atoms with Crippen molar-refractivity contribution >= 4 is 91.7 Å². The van der Waals surface area contributed by atoms with Crippen LogP contribution in [0.2, 0.25) is 0 Å². The lowest BCUT2D eigenvalue weighted by atomic mass is 9.94. The minimum atomic E-state index is 1.12. The van der Waals surface area contributed by atoms with Crippen LogP contribution >= 0.6 is 11.3 Å². The zero-order valence-electron chi connectivity index (χ0n) is 29.4. The fraction of sp³-hybridized carbons (Fsp3) is 0. The Bertz CT molecular complexity index is 3190. The molecule has 0 amide bonds. The first-order valence-corrected chi connectivity index (χ1v) is 19.3. The van der Waals surface area contributed by atoms with Crippen LogP contribution in [0.4, 0.5) is 17.1 Å². The lowest BCUT2D eigenvalue weighted by Crippen LogP contribution is -2.10. The molecule has 252 valence electrons. The van der Waals surface area contributed by atoms with Gasteiger partial charge in [-0.2, -0.15) is 0 Å². The second-order valence-corrected chi connectivity index (χ2v) is 15.2. The Morgan fingerprint density at radius 1 is 0.296 bits per heavy atom. The van der Waals surface area contributed by atoms with Crippen LogP contribution in [0.5, 0.6) is 0 Å². The predicted octanol–water partition coefficient (Wildman–Crippen LogP) is 15.5. The molecule has 0 aliphatic heterocycles. The zero-order chi connectivity index (χ0) is 35.6. The van der Waals surface area contributed by atoms with Crippen molar-refractivity contribution in [3.63, 3.8) is 0 Å². The van der Waals surface area contributed by atoms with E-state index in [0.717, 1.165) is 11.4 Å². The van der Waals surface area contributed by atoms with Crippen molar-refractivity contribution in [3.05, 3.63) is 200 Å². The summed E-state index contributed by atoms with van der Waals surface area (Å²) in [6, 6.07) is 73.4. The van der Waals surface area contributed by atoms with E-state index >= 15 is 0 Å². The second-order valence-electron chi connectivity index (χ2n) is 14.1. The Hall–Kier alpha value is -6.74. The van der Waals surface area contributed by atoms with Gasteiger partial charge in [0.1, 0.15) is 0 Å². The summed E-state index contributed by atoms with van der Waals surface area (Å²) in [5, 5.41) is 12.9. The number of fused-ring (bicyclic) bond motifs is 10. The maximum atomic E-state index is 2.44. The third-order valence-corrected chi connectivity index (χ3v) is 12.1. The average molecular weight is 704 g/mol. The van der Waals surface area contributed by atoms with Crippen LogP contribution in [-0.4, -0.2) is 0 Å². The first-order chi connectivity index (χ1) is 26.8. The van der Waals surface area contributed by atoms with Gasteiger partial charge in [0, 0.05) is 31.5 Å². The molecule has 0 unspecified atom stereocenters. The molecule has 54 heavy (non-hydrogen) atoms. The Balaban J connectivity index is 1.06. The van der Waals surface area contributed by atoms with E-state index in [1.54, 1.807) is 0 Å². The number of hydrogen-bond acceptors (Lipinski definition) is 2. The molecule has 0 fully saturated rings. The molecule has 0 atom stereocenters. The van der Waals surface area contributed by atoms with E-state index < -0.39 is 0 Å². The first-order valence-electron chi connectivity index (χ1n) is 18.5. The molecular weight excluding hydrogens is 671 g/mol. The molecule has 0 radical (unpaired) electrons. The van der Waals surface area contributed by atoms with Gasteiger partial charge in [0.25, 0.3) is 0 Å². The van der Waals surface area contributed by atoms with Crippen LogP contribution in [0.3, 0.4) is 0 Å². The maximum absolute atomic E-state index is 2.44. The van der Waals surface area contributed by atoms with Gasteiger partial charge in [0.05, 0.1) is 5.69 Å². The molecule has 2 heteroatoms. The summed E-state index contributed by atoms with van der Waals surface area (Å²) in [6.07, 6.45) is 0. The van der Waals surface area contributed by atoms with Gasteiger partial charge in [0.15, 0.2) is 0 Å². The highest BCUT2D eigenvalue weighted by atomic mass is 32.1. The summed E-state index contributed by atoms with van der Waals surface area (Å²) in [4.78, 5) is 2.44. The largest absolute Gasteiger partial charge is 0.310 e. The summed E-state index contributed by atoms with van der Waals surface area (Å²) >= 11 is 1.87. The number of anilines is 3. The number of hydrogen-bond donors (Lipinski definition) is 0. The number of thiophene rings is 1. The summed E-state index contributed by atoms with van der Waals surface area (Å²) in [5.74, 6) is 0. The molecule has 0 saturated heterocycles. The minimum absolute atomic E-state index is 1.12. The summed E-state index contributed by atoms with van der Waals surface area (Å²) in [7, 11) is 0. The molecule has 0 N–H and O–H groups in total. The van der Waals surface area contributed by atoms with E-state index in [0.29, 0.717) is 0 Å². The Morgan fingerprint density at radius 3 is 1.54 bits per heavy atom. The van der Waals surface area contributed by atoms with Gasteiger partial charge in [-0.25, -0.2) is 0 Å². The van der Waals surface area contributed by atoms with E-state index in [2.05, 4.69) is 205 Å². The lowest BCUT2D eigenvalue weighted by Gasteiger charge is -2.27. The highest BCUT2D eigenvalue weighted by molar-refractivity contribution is 7.26. The van der Waals surface area contributed by atoms with Crippen LogP contribution in [-0.2, 0) is 0 Å². The predicted molar refractivity (Wildman–Crippen MR) is 235 cm³/mol. The molecule has 0 aliphatic carbocycles. The minimum Gasteiger partial charge on any atom is -0.310 e. The summed E-state index contributed by atoms with van der Waals surface area (Å²) in [5.41, 5.74) is 8.26. The SMILES string of the molecule is c1ccc(-c2ccc(N(c3ccc(-c4ccc5c(ccc6ccc7ccccc7c65)c4)cc3)c3cccc4sc5ccc6ccccc6c5c34)cc2)cc1. The van der Waals surface area contributed by atoms with Gasteiger partial charge in [-0.05, 0) is 114 Å². The molecule has 0 spiro atoms. The molecular formula is C52H33NS. The molecule has 1 heterocycles. The fourth-order valence-electron chi connectivity index (χ4n) is 8.43. The van der Waals surface area contributed by atoms with E-state index in [4.69, 9.17) is 0 Å². The third kappa shape index (κ3) is 4.99. The number of rotatable bonds is 5. The van der Waals surface area contributed by atoms with Gasteiger partial charge in [-0.15, -0.1) is 11.3 Å². The first kappa shape index (κ1) is 30.8. The second kappa shape index (κ2) is 12.4. The summed E-state index contributed by atoms with van der Waals surface area (Å²) < 4.78 is 2.60. The standard InChI is InChI=1S/C52H33NS/c1-2-9-34(10-3-1)35-21-27-42(28-22-35)53(47-15-8-16-48-52(47)51-45-14-7-5-12-38(45)26-32-49(51)54-48)43-29-23-36(24-30-43)40-25-31-46-41(33-40)20-19-39-18-17-37-11-4-6-13-44(37)50(39)46/h1-33H. The van der Waals surface area contributed by atoms with Crippen LogP contribution < -0.4 is 4.90 Å². The van der Waals surface area contributed by atoms with Crippen molar-refractivity contribution in [2.24, 2.45) is 0 Å². The van der Waals surface area contributed by atoms with Gasteiger partial charge in [-0.3, -0.25) is 0 Å². The molecule has 0 saturated carbocycles. The van der Waals surface area contributed by atoms with Gasteiger partial charge < -0.3 is 4.90 Å². The highest BCUT2D eigenvalue weighted by Crippen LogP contribution is 2.47. The highest BCUT2D eigenvalue weighted by Gasteiger charge is 2.20. The van der Waals surface area contributed by atoms with E-state index in [-0.39, 0.29) is 0 Å². The summed E-state index contributed by atoms with van der Waals surface area (Å²) in [6.45, 7) is 0. The van der Waals surface area contributed by atoms with Crippen LogP contribution in [0.25, 0.3) is 85.5 Å². The Labute approximate surface area is 317 Å². The normalized spacial score (nSPS) is 11.7. The quantitative estimate of drug-likeness (QED) is 0.161. The van der Waals surface area contributed by atoms with E-state index in [9.17, 15) is 0 Å². The van der Waals surface area contributed by atoms with Gasteiger partial charge >= 0.3 is 0 Å². The van der Waals surface area contributed by atoms with Crippen LogP contribution in [0.15, 0.2) is 200 Å². The molecule has 1 nitrogen and oxygen atoms in total. The maximum Gasteiger partial charge on any atom is 0.0555 e. The topological polar surface area (TPSA) is 3.24 Å². The zero-order valence-corrected chi connectivity index (χ0v) is 30.2. The van der Waals surface area contributed by atoms with Crippen molar-refractivity contribution in [2.45, 2.75) is 0 Å². The molecule has 10 aromatic carbocycles. The van der Waals surface area contributed by atoms with E-state index in [1.807, 2.05) is 11.3 Å². The lowest BCUT2D eigenvalue weighted by molar-refractivity contribution is 1.30. The van der Waals surface area contributed by atoms with Crippen molar-refractivity contribution in [3.8, 4) is 22.3 Å². The van der Waals surface area contributed by atoms with Crippen molar-refractivity contribution in [1.29, 1.82) is 0 Å². The van der Waals surface area contributed by atoms with Crippen molar-refractivity contribution < 1.29 is 0 Å². The van der Waals surface area contributed by atoms with Gasteiger partial charge in [0.2, 0.25) is 0 Å². The average Bonchev–Trinajstić information content (AvgIpc) is 3.64. The Morgan fingerprint density at radius 2 is 0.815 bits per heavy atom. The molecule has 1 aromatic heterocycles.